The van der Waals surface area contributed by atoms with E-state index < -0.39 is 12.2 Å². The Hall–Kier alpha value is -2.64. The number of nitrogens with one attached hydrogen (secondary N) is 1. The second-order valence-corrected chi connectivity index (χ2v) is 11.7. The molecule has 7 heteroatoms. The number of hydrogen-bond acceptors (Lipinski definition) is 6. The van der Waals surface area contributed by atoms with Crippen LogP contribution in [-0.4, -0.2) is 49.5 Å². The van der Waals surface area contributed by atoms with E-state index in [4.69, 9.17) is 14.2 Å². The number of amides is 1. The molecular formula is C33H49NO6. The summed E-state index contributed by atoms with van der Waals surface area (Å²) in [5.74, 6) is 1.46. The van der Waals surface area contributed by atoms with Gasteiger partial charge in [0.2, 0.25) is 5.91 Å². The number of benzene rings is 1. The number of hydrogen-bond donors (Lipinski definition) is 2. The molecule has 2 aliphatic rings. The van der Waals surface area contributed by atoms with Gasteiger partial charge in [-0.3, -0.25) is 9.59 Å². The summed E-state index contributed by atoms with van der Waals surface area (Å²) in [5.41, 5.74) is 2.22. The van der Waals surface area contributed by atoms with E-state index >= 15 is 0 Å². The van der Waals surface area contributed by atoms with Crippen molar-refractivity contribution in [2.45, 2.75) is 91.1 Å². The maximum atomic E-state index is 12.8. The Balaban J connectivity index is 1.65. The lowest BCUT2D eigenvalue weighted by atomic mass is 9.65. The number of esters is 1. The Morgan fingerprint density at radius 1 is 1.18 bits per heavy atom. The SMILES string of the molecule is CCC(C)C(=O)O[C@H]1C[C@@H](C)C=C2C=C[C@H](C)[C@H](CC[C@@H](O)C[C@H](CC(=O)NC)OCc3ccc(OC)cc3)[C@H]21. The van der Waals surface area contributed by atoms with Crippen molar-refractivity contribution in [2.24, 2.45) is 29.6 Å². The number of aliphatic hydroxyl groups excluding tert-OH is 1. The molecule has 1 aromatic carbocycles. The molecule has 0 heterocycles. The summed E-state index contributed by atoms with van der Waals surface area (Å²) in [6.45, 7) is 8.67. The van der Waals surface area contributed by atoms with Gasteiger partial charge >= 0.3 is 5.97 Å². The molecule has 222 valence electrons. The number of fused-ring (bicyclic) bond motifs is 1. The Morgan fingerprint density at radius 2 is 1.90 bits per heavy atom. The molecule has 0 saturated carbocycles. The van der Waals surface area contributed by atoms with Crippen molar-refractivity contribution in [2.75, 3.05) is 14.2 Å². The van der Waals surface area contributed by atoms with Gasteiger partial charge in [-0.25, -0.2) is 0 Å². The van der Waals surface area contributed by atoms with Crippen LogP contribution in [0.15, 0.2) is 48.1 Å². The van der Waals surface area contributed by atoms with Crippen LogP contribution in [0.1, 0.15) is 71.8 Å². The molecule has 0 fully saturated rings. The zero-order valence-corrected chi connectivity index (χ0v) is 25.1. The van der Waals surface area contributed by atoms with Gasteiger partial charge in [0, 0.05) is 19.4 Å². The van der Waals surface area contributed by atoms with E-state index in [1.54, 1.807) is 14.2 Å². The number of carbonyl (C=O) groups excluding carboxylic acids is 2. The molecule has 0 bridgehead atoms. The fraction of sp³-hybridized carbons (Fsp3) is 0.636. The van der Waals surface area contributed by atoms with E-state index in [0.717, 1.165) is 30.6 Å². The van der Waals surface area contributed by atoms with Gasteiger partial charge < -0.3 is 24.6 Å². The first-order valence-corrected chi connectivity index (χ1v) is 14.9. The molecule has 2 aliphatic carbocycles. The van der Waals surface area contributed by atoms with Crippen molar-refractivity contribution >= 4 is 11.9 Å². The van der Waals surface area contributed by atoms with Gasteiger partial charge in [0.15, 0.2) is 0 Å². The Kier molecular flexibility index (Phi) is 12.3. The Bertz CT molecular complexity index is 1020. The molecule has 40 heavy (non-hydrogen) atoms. The summed E-state index contributed by atoms with van der Waals surface area (Å²) in [5, 5.41) is 13.8. The lowest BCUT2D eigenvalue weighted by Gasteiger charge is -2.43. The van der Waals surface area contributed by atoms with Crippen LogP contribution in [-0.2, 0) is 25.7 Å². The number of ether oxygens (including phenoxy) is 3. The second-order valence-electron chi connectivity index (χ2n) is 11.7. The van der Waals surface area contributed by atoms with Crippen LogP contribution in [0.4, 0.5) is 0 Å². The molecule has 2 N–H and O–H groups in total. The maximum Gasteiger partial charge on any atom is 0.308 e. The van der Waals surface area contributed by atoms with Crippen LogP contribution in [0.3, 0.4) is 0 Å². The van der Waals surface area contributed by atoms with E-state index in [1.807, 2.05) is 38.1 Å². The molecule has 0 aromatic heterocycles. The molecule has 0 saturated heterocycles. The average Bonchev–Trinajstić information content (AvgIpc) is 2.95. The zero-order valence-electron chi connectivity index (χ0n) is 25.1. The van der Waals surface area contributed by atoms with Crippen LogP contribution in [0.5, 0.6) is 5.75 Å². The van der Waals surface area contributed by atoms with Gasteiger partial charge in [-0.1, -0.05) is 58.1 Å². The van der Waals surface area contributed by atoms with E-state index in [-0.39, 0.29) is 42.2 Å². The number of allylic oxidation sites excluding steroid dienone is 3. The lowest BCUT2D eigenvalue weighted by Crippen LogP contribution is -2.41. The third-order valence-corrected chi connectivity index (χ3v) is 8.58. The first-order chi connectivity index (χ1) is 19.1. The zero-order chi connectivity index (χ0) is 29.2. The topological polar surface area (TPSA) is 94.1 Å². The highest BCUT2D eigenvalue weighted by molar-refractivity contribution is 5.76. The van der Waals surface area contributed by atoms with Crippen LogP contribution < -0.4 is 10.1 Å². The third-order valence-electron chi connectivity index (χ3n) is 8.58. The summed E-state index contributed by atoms with van der Waals surface area (Å²) >= 11 is 0. The van der Waals surface area contributed by atoms with Crippen molar-refractivity contribution in [3.05, 3.63) is 53.6 Å². The molecule has 0 aliphatic heterocycles. The second kappa shape index (κ2) is 15.4. The van der Waals surface area contributed by atoms with Gasteiger partial charge in [-0.2, -0.15) is 0 Å². The molecule has 1 amide bonds. The average molecular weight is 556 g/mol. The molecule has 1 aromatic rings. The number of rotatable bonds is 14. The Labute approximate surface area is 240 Å². The van der Waals surface area contributed by atoms with Gasteiger partial charge in [0.1, 0.15) is 11.9 Å². The summed E-state index contributed by atoms with van der Waals surface area (Å²) < 4.78 is 17.5. The number of carbonyl (C=O) groups is 2. The standard InChI is InChI=1S/C33H49NO6/c1-7-22(3)33(37)40-30-17-21(2)16-25-11-8-23(4)29(32(25)30)15-12-26(35)18-28(19-31(36)34-5)39-20-24-9-13-27(38-6)14-10-24/h8-11,13-14,16,21-23,26,28-30,32,35H,7,12,15,17-20H2,1-6H3,(H,34,36)/t21-,22?,23-,26+,28+,29-,30-,32-/m0/s1. The summed E-state index contributed by atoms with van der Waals surface area (Å²) in [6.07, 6.45) is 9.13. The highest BCUT2D eigenvalue weighted by Gasteiger charge is 2.41. The summed E-state index contributed by atoms with van der Waals surface area (Å²) in [4.78, 5) is 24.9. The fourth-order valence-electron chi connectivity index (χ4n) is 5.91. The first-order valence-electron chi connectivity index (χ1n) is 14.9. The quantitative estimate of drug-likeness (QED) is 0.290. The lowest BCUT2D eigenvalue weighted by molar-refractivity contribution is -0.158. The van der Waals surface area contributed by atoms with E-state index in [9.17, 15) is 14.7 Å². The normalized spacial score (nSPS) is 26.2. The van der Waals surface area contributed by atoms with Crippen molar-refractivity contribution in [3.63, 3.8) is 0 Å². The van der Waals surface area contributed by atoms with Gasteiger partial charge in [0.05, 0.1) is 38.3 Å². The maximum absolute atomic E-state index is 12.8. The smallest absolute Gasteiger partial charge is 0.308 e. The van der Waals surface area contributed by atoms with Gasteiger partial charge in [-0.15, -0.1) is 0 Å². The molecule has 8 atom stereocenters. The molecule has 3 rings (SSSR count). The van der Waals surface area contributed by atoms with Gasteiger partial charge in [0.25, 0.3) is 0 Å². The minimum absolute atomic E-state index is 0.114. The Morgan fingerprint density at radius 3 is 2.55 bits per heavy atom. The van der Waals surface area contributed by atoms with Crippen molar-refractivity contribution < 1.29 is 28.9 Å². The minimum Gasteiger partial charge on any atom is -0.497 e. The van der Waals surface area contributed by atoms with E-state index in [0.29, 0.717) is 31.3 Å². The number of methoxy groups -OCH3 is 1. The largest absolute Gasteiger partial charge is 0.497 e. The van der Waals surface area contributed by atoms with E-state index in [2.05, 4.69) is 37.4 Å². The summed E-state index contributed by atoms with van der Waals surface area (Å²) in [7, 11) is 3.24. The monoisotopic (exact) mass is 555 g/mol. The molecule has 7 nitrogen and oxygen atoms in total. The summed E-state index contributed by atoms with van der Waals surface area (Å²) in [6, 6.07) is 7.63. The molecule has 0 spiro atoms. The highest BCUT2D eigenvalue weighted by atomic mass is 16.5. The van der Waals surface area contributed by atoms with Crippen molar-refractivity contribution in [1.29, 1.82) is 0 Å². The predicted molar refractivity (Wildman–Crippen MR) is 157 cm³/mol. The van der Waals surface area contributed by atoms with Crippen LogP contribution in [0.2, 0.25) is 0 Å². The molecular weight excluding hydrogens is 506 g/mol. The fourth-order valence-corrected chi connectivity index (χ4v) is 5.91. The molecule has 1 unspecified atom stereocenters. The third kappa shape index (κ3) is 8.93. The molecule has 0 radical (unpaired) electrons. The van der Waals surface area contributed by atoms with Crippen molar-refractivity contribution in [3.8, 4) is 5.75 Å². The first kappa shape index (κ1) is 31.9. The predicted octanol–water partition coefficient (Wildman–Crippen LogP) is 5.61. The minimum atomic E-state index is -0.611. The van der Waals surface area contributed by atoms with Crippen LogP contribution in [0, 0.1) is 29.6 Å². The van der Waals surface area contributed by atoms with Crippen molar-refractivity contribution in [1.82, 2.24) is 5.32 Å². The highest BCUT2D eigenvalue weighted by Crippen LogP contribution is 2.45. The number of aliphatic hydroxyl groups is 1. The van der Waals surface area contributed by atoms with E-state index in [1.165, 1.54) is 5.57 Å². The van der Waals surface area contributed by atoms with Crippen LogP contribution >= 0.6 is 0 Å². The van der Waals surface area contributed by atoms with Crippen LogP contribution in [0.25, 0.3) is 0 Å². The van der Waals surface area contributed by atoms with Gasteiger partial charge in [-0.05, 0) is 66.7 Å².